The first-order valence-corrected chi connectivity index (χ1v) is 10.2. The number of hydrogen-bond acceptors (Lipinski definition) is 5. The summed E-state index contributed by atoms with van der Waals surface area (Å²) in [6.07, 6.45) is 1.47. The predicted octanol–water partition coefficient (Wildman–Crippen LogP) is 0.622. The molecule has 0 heterocycles. The monoisotopic (exact) mass is 414 g/mol. The van der Waals surface area contributed by atoms with Gasteiger partial charge in [-0.15, -0.1) is 0 Å². The second-order valence-corrected chi connectivity index (χ2v) is 8.41. The van der Waals surface area contributed by atoms with Crippen LogP contribution in [0, 0.1) is 17.8 Å². The van der Waals surface area contributed by atoms with Gasteiger partial charge in [0, 0.05) is 0 Å². The van der Waals surface area contributed by atoms with Crippen LogP contribution < -0.4 is 21.7 Å². The van der Waals surface area contributed by atoms with Crippen LogP contribution in [0.2, 0.25) is 0 Å². The fourth-order valence-corrected chi connectivity index (χ4v) is 2.83. The first-order valence-electron chi connectivity index (χ1n) is 10.2. The number of aliphatic carboxylic acids is 1. The summed E-state index contributed by atoms with van der Waals surface area (Å²) in [6, 6.07) is -2.46. The topological polar surface area (TPSA) is 151 Å². The molecule has 0 aliphatic heterocycles. The molecule has 0 aliphatic rings. The summed E-state index contributed by atoms with van der Waals surface area (Å²) in [5.74, 6) is -2.48. The quantitative estimate of drug-likeness (QED) is 0.298. The number of hydrogen-bond donors (Lipinski definition) is 5. The number of carbonyl (C=O) groups excluding carboxylic acids is 3. The van der Waals surface area contributed by atoms with Gasteiger partial charge < -0.3 is 26.8 Å². The maximum atomic E-state index is 12.9. The van der Waals surface area contributed by atoms with Crippen LogP contribution in [-0.4, -0.2) is 53.5 Å². The summed E-state index contributed by atoms with van der Waals surface area (Å²) in [7, 11) is 0. The Kier molecular flexibility index (Phi) is 12.2. The van der Waals surface area contributed by atoms with Crippen LogP contribution in [0.3, 0.4) is 0 Å². The maximum absolute atomic E-state index is 12.9. The van der Waals surface area contributed by atoms with Crippen LogP contribution in [0.25, 0.3) is 0 Å². The Bertz CT molecular complexity index is 565. The van der Waals surface area contributed by atoms with Gasteiger partial charge in [-0.05, 0) is 30.6 Å². The summed E-state index contributed by atoms with van der Waals surface area (Å²) in [4.78, 5) is 48.4. The van der Waals surface area contributed by atoms with E-state index < -0.39 is 48.4 Å². The van der Waals surface area contributed by atoms with Crippen molar-refractivity contribution in [3.05, 3.63) is 0 Å². The minimum atomic E-state index is -1.17. The van der Waals surface area contributed by atoms with Crippen molar-refractivity contribution in [3.8, 4) is 0 Å². The molecule has 0 radical (unpaired) electrons. The third kappa shape index (κ3) is 10.8. The van der Waals surface area contributed by atoms with E-state index in [4.69, 9.17) is 10.8 Å². The molecular formula is C20H38N4O5. The van der Waals surface area contributed by atoms with Gasteiger partial charge in [-0.1, -0.05) is 48.0 Å². The largest absolute Gasteiger partial charge is 0.480 e. The molecule has 0 rings (SSSR count). The van der Waals surface area contributed by atoms with Crippen molar-refractivity contribution in [1.29, 1.82) is 0 Å². The molecule has 6 N–H and O–H groups in total. The van der Waals surface area contributed by atoms with Gasteiger partial charge >= 0.3 is 5.97 Å². The first-order chi connectivity index (χ1) is 13.4. The molecule has 0 aromatic heterocycles. The highest BCUT2D eigenvalue weighted by Gasteiger charge is 2.31. The third-order valence-electron chi connectivity index (χ3n) is 4.61. The van der Waals surface area contributed by atoms with Gasteiger partial charge in [0.25, 0.3) is 0 Å². The molecule has 3 amide bonds. The average molecular weight is 415 g/mol. The van der Waals surface area contributed by atoms with Crippen molar-refractivity contribution < 1.29 is 24.3 Å². The van der Waals surface area contributed by atoms with E-state index >= 15 is 0 Å². The molecule has 0 saturated heterocycles. The van der Waals surface area contributed by atoms with Crippen molar-refractivity contribution in [2.24, 2.45) is 23.5 Å². The van der Waals surface area contributed by atoms with Gasteiger partial charge in [-0.25, -0.2) is 0 Å². The Labute approximate surface area is 173 Å². The van der Waals surface area contributed by atoms with Crippen LogP contribution in [0.1, 0.15) is 60.8 Å². The molecule has 0 saturated carbocycles. The standard InChI is InChI=1S/C20H38N4O5/c1-7-13(6)17(24-18(27)14(21)8-11(2)3)20(29)23-15(9-12(4)5)19(28)22-10-16(25)26/h11-15,17H,7-10,21H2,1-6H3,(H,22,28)(H,23,29)(H,24,27)(H,25,26). The van der Waals surface area contributed by atoms with Crippen molar-refractivity contribution in [2.45, 2.75) is 78.9 Å². The first kappa shape index (κ1) is 26.8. The highest BCUT2D eigenvalue weighted by Crippen LogP contribution is 2.12. The van der Waals surface area contributed by atoms with Gasteiger partial charge in [-0.2, -0.15) is 0 Å². The molecule has 168 valence electrons. The fraction of sp³-hybridized carbons (Fsp3) is 0.800. The zero-order chi connectivity index (χ0) is 22.7. The van der Waals surface area contributed by atoms with Gasteiger partial charge in [-0.3, -0.25) is 19.2 Å². The van der Waals surface area contributed by atoms with Crippen LogP contribution in [0.5, 0.6) is 0 Å². The molecule has 9 nitrogen and oxygen atoms in total. The molecule has 0 bridgehead atoms. The third-order valence-corrected chi connectivity index (χ3v) is 4.61. The minimum Gasteiger partial charge on any atom is -0.480 e. The van der Waals surface area contributed by atoms with E-state index in [0.29, 0.717) is 19.3 Å². The predicted molar refractivity (Wildman–Crippen MR) is 111 cm³/mol. The fourth-order valence-electron chi connectivity index (χ4n) is 2.83. The van der Waals surface area contributed by atoms with Crippen LogP contribution in [-0.2, 0) is 19.2 Å². The molecule has 0 aromatic rings. The Morgan fingerprint density at radius 2 is 1.41 bits per heavy atom. The highest BCUT2D eigenvalue weighted by molar-refractivity contribution is 5.93. The average Bonchev–Trinajstić information content (AvgIpc) is 2.61. The van der Waals surface area contributed by atoms with E-state index in [9.17, 15) is 19.2 Å². The minimum absolute atomic E-state index is 0.0898. The van der Waals surface area contributed by atoms with E-state index in [-0.39, 0.29) is 17.8 Å². The number of rotatable bonds is 13. The van der Waals surface area contributed by atoms with Crippen LogP contribution in [0.4, 0.5) is 0 Å². The van der Waals surface area contributed by atoms with E-state index in [1.807, 2.05) is 41.5 Å². The van der Waals surface area contributed by atoms with E-state index in [0.717, 1.165) is 0 Å². The smallest absolute Gasteiger partial charge is 0.322 e. The normalized spacial score (nSPS) is 15.3. The Morgan fingerprint density at radius 1 is 0.862 bits per heavy atom. The SMILES string of the molecule is CCC(C)C(NC(=O)C(N)CC(C)C)C(=O)NC(CC(C)C)C(=O)NCC(=O)O. The lowest BCUT2D eigenvalue weighted by molar-refractivity contribution is -0.138. The van der Waals surface area contributed by atoms with Gasteiger partial charge in [0.15, 0.2) is 0 Å². The molecule has 0 aliphatic carbocycles. The van der Waals surface area contributed by atoms with Gasteiger partial charge in [0.2, 0.25) is 17.7 Å². The molecule has 9 heteroatoms. The Balaban J connectivity index is 5.29. The lowest BCUT2D eigenvalue weighted by Crippen LogP contribution is -2.58. The zero-order valence-electron chi connectivity index (χ0n) is 18.5. The number of carboxylic acids is 1. The number of nitrogens with one attached hydrogen (secondary N) is 3. The molecule has 0 spiro atoms. The van der Waals surface area contributed by atoms with E-state index in [1.165, 1.54) is 0 Å². The lowest BCUT2D eigenvalue weighted by Gasteiger charge is -2.28. The number of carboxylic acid groups (broad SMARTS) is 1. The summed E-state index contributed by atoms with van der Waals surface area (Å²) >= 11 is 0. The zero-order valence-corrected chi connectivity index (χ0v) is 18.5. The van der Waals surface area contributed by atoms with Crippen LogP contribution in [0.15, 0.2) is 0 Å². The second kappa shape index (κ2) is 13.1. The highest BCUT2D eigenvalue weighted by atomic mass is 16.4. The van der Waals surface area contributed by atoms with Crippen molar-refractivity contribution in [3.63, 3.8) is 0 Å². The summed E-state index contributed by atoms with van der Waals surface area (Å²) < 4.78 is 0. The molecule has 29 heavy (non-hydrogen) atoms. The number of amides is 3. The van der Waals surface area contributed by atoms with Gasteiger partial charge in [0.1, 0.15) is 18.6 Å². The Hall–Kier alpha value is -2.16. The lowest BCUT2D eigenvalue weighted by atomic mass is 9.96. The summed E-state index contributed by atoms with van der Waals surface area (Å²) in [5, 5.41) is 16.4. The van der Waals surface area contributed by atoms with Crippen molar-refractivity contribution in [1.82, 2.24) is 16.0 Å². The number of carbonyl (C=O) groups is 4. The van der Waals surface area contributed by atoms with E-state index in [2.05, 4.69) is 16.0 Å². The van der Waals surface area contributed by atoms with E-state index in [1.54, 1.807) is 0 Å². The maximum Gasteiger partial charge on any atom is 0.322 e. The molecule has 0 aromatic carbocycles. The second-order valence-electron chi connectivity index (χ2n) is 8.41. The number of nitrogens with two attached hydrogens (primary N) is 1. The molecule has 0 fully saturated rings. The molecular weight excluding hydrogens is 376 g/mol. The Morgan fingerprint density at radius 3 is 1.86 bits per heavy atom. The summed E-state index contributed by atoms with van der Waals surface area (Å²) in [6.45, 7) is 10.9. The molecule has 4 unspecified atom stereocenters. The summed E-state index contributed by atoms with van der Waals surface area (Å²) in [5.41, 5.74) is 5.93. The van der Waals surface area contributed by atoms with Crippen molar-refractivity contribution >= 4 is 23.7 Å². The van der Waals surface area contributed by atoms with Crippen LogP contribution >= 0.6 is 0 Å². The molecule has 4 atom stereocenters. The van der Waals surface area contributed by atoms with Crippen molar-refractivity contribution in [2.75, 3.05) is 6.54 Å². The van der Waals surface area contributed by atoms with Gasteiger partial charge in [0.05, 0.1) is 6.04 Å².